The smallest absolute Gasteiger partial charge is 0.407 e. The summed E-state index contributed by atoms with van der Waals surface area (Å²) in [7, 11) is 0. The third kappa shape index (κ3) is 13.3. The number of esters is 1. The van der Waals surface area contributed by atoms with Crippen LogP contribution in [-0.2, 0) is 38.2 Å². The molecule has 0 spiro atoms. The number of benzene rings is 1. The molecule has 2 fully saturated rings. The molecule has 3 rings (SSSR count). The molecule has 1 saturated carbocycles. The maximum absolute atomic E-state index is 14.9. The zero-order valence-corrected chi connectivity index (χ0v) is 32.0. The summed E-state index contributed by atoms with van der Waals surface area (Å²) in [5.74, 6) is -9.65. The molecule has 0 radical (unpaired) electrons. The maximum atomic E-state index is 14.9. The fourth-order valence-electron chi connectivity index (χ4n) is 6.45. The second-order valence-corrected chi connectivity index (χ2v) is 15.4. The van der Waals surface area contributed by atoms with Crippen molar-refractivity contribution in [2.45, 2.75) is 129 Å². The second-order valence-electron chi connectivity index (χ2n) is 15.4. The Bertz CT molecular complexity index is 1500. The van der Waals surface area contributed by atoms with Gasteiger partial charge in [-0.3, -0.25) is 24.0 Å². The Morgan fingerprint density at radius 1 is 0.944 bits per heavy atom. The van der Waals surface area contributed by atoms with Crippen molar-refractivity contribution >= 4 is 41.5 Å². The molecule has 1 aliphatic heterocycles. The number of Topliss-reactive ketones (excluding diaryl/α,β-unsaturated/α-hetero) is 1. The van der Waals surface area contributed by atoms with Crippen LogP contribution < -0.4 is 21.3 Å². The van der Waals surface area contributed by atoms with Gasteiger partial charge < -0.3 is 35.6 Å². The Hall–Kier alpha value is -4.63. The van der Waals surface area contributed by atoms with E-state index in [1.54, 1.807) is 58.0 Å². The summed E-state index contributed by atoms with van der Waals surface area (Å²) in [6.45, 7) is 8.63. The fourth-order valence-corrected chi connectivity index (χ4v) is 6.45. The van der Waals surface area contributed by atoms with Crippen molar-refractivity contribution in [2.75, 3.05) is 19.7 Å². The summed E-state index contributed by atoms with van der Waals surface area (Å²) in [5, 5.41) is 9.64. The van der Waals surface area contributed by atoms with E-state index in [1.165, 1.54) is 0 Å². The molecule has 16 heteroatoms. The fraction of sp³-hybridized carbons (Fsp3) is 0.658. The molecular formula is C38H55F2N5O9. The van der Waals surface area contributed by atoms with Gasteiger partial charge in [-0.15, -0.1) is 0 Å². The van der Waals surface area contributed by atoms with Crippen LogP contribution in [-0.4, -0.2) is 95.7 Å². The van der Waals surface area contributed by atoms with Crippen LogP contribution in [0.3, 0.4) is 0 Å². The molecule has 1 aromatic carbocycles. The molecule has 4 N–H and O–H groups in total. The van der Waals surface area contributed by atoms with Crippen LogP contribution in [0.25, 0.3) is 0 Å². The molecule has 1 heterocycles. The zero-order valence-electron chi connectivity index (χ0n) is 32.0. The number of nitrogens with one attached hydrogen (secondary N) is 4. The van der Waals surface area contributed by atoms with Gasteiger partial charge in [-0.25, -0.2) is 18.4 Å². The van der Waals surface area contributed by atoms with Gasteiger partial charge in [0.1, 0.15) is 17.7 Å². The van der Waals surface area contributed by atoms with Crippen molar-refractivity contribution < 1.29 is 51.8 Å². The molecule has 1 aromatic rings. The third-order valence-corrected chi connectivity index (χ3v) is 8.99. The van der Waals surface area contributed by atoms with E-state index in [4.69, 9.17) is 9.47 Å². The minimum absolute atomic E-state index is 0.0131. The SMILES string of the molecule is CCCC(NC(=O)[C@@H]1CC(F)(F)CN1C(=O)[C@@H](NC(=O)OCC(C)C)C1CCCCC1)C(=O)C(=O)NCC(=O)N[C@H](C(=O)OC(C)(C)C)c1ccccc1. The highest BCUT2D eigenvalue weighted by Crippen LogP contribution is 2.35. The number of rotatable bonds is 16. The number of ether oxygens (including phenoxy) is 2. The number of hydrogen-bond acceptors (Lipinski definition) is 9. The van der Waals surface area contributed by atoms with Gasteiger partial charge in [-0.2, -0.15) is 0 Å². The number of hydrogen-bond donors (Lipinski definition) is 4. The number of likely N-dealkylation sites (tertiary alicyclic amines) is 1. The lowest BCUT2D eigenvalue weighted by molar-refractivity contribution is -0.158. The van der Waals surface area contributed by atoms with Crippen molar-refractivity contribution in [3.63, 3.8) is 0 Å². The first-order valence-corrected chi connectivity index (χ1v) is 18.6. The van der Waals surface area contributed by atoms with Gasteiger partial charge in [-0.1, -0.05) is 76.8 Å². The van der Waals surface area contributed by atoms with E-state index in [0.29, 0.717) is 24.8 Å². The summed E-state index contributed by atoms with van der Waals surface area (Å²) < 4.78 is 40.5. The summed E-state index contributed by atoms with van der Waals surface area (Å²) in [4.78, 5) is 93.0. The van der Waals surface area contributed by atoms with Gasteiger partial charge in [0, 0.05) is 6.42 Å². The van der Waals surface area contributed by atoms with Crippen LogP contribution in [0.4, 0.5) is 13.6 Å². The van der Waals surface area contributed by atoms with Crippen LogP contribution in [0.5, 0.6) is 0 Å². The number of carbonyl (C=O) groups is 7. The van der Waals surface area contributed by atoms with Gasteiger partial charge >= 0.3 is 12.1 Å². The molecule has 300 valence electrons. The number of ketones is 1. The van der Waals surface area contributed by atoms with E-state index in [0.717, 1.165) is 24.2 Å². The number of halogens is 2. The normalized spacial score (nSPS) is 18.8. The number of nitrogens with zero attached hydrogens (tertiary/aromatic N) is 1. The molecule has 1 aliphatic carbocycles. The third-order valence-electron chi connectivity index (χ3n) is 8.99. The minimum Gasteiger partial charge on any atom is -0.458 e. The first-order valence-electron chi connectivity index (χ1n) is 18.6. The van der Waals surface area contributed by atoms with Crippen LogP contribution in [0, 0.1) is 11.8 Å². The van der Waals surface area contributed by atoms with E-state index in [1.807, 2.05) is 13.8 Å². The largest absolute Gasteiger partial charge is 0.458 e. The summed E-state index contributed by atoms with van der Waals surface area (Å²) >= 11 is 0. The maximum Gasteiger partial charge on any atom is 0.407 e. The van der Waals surface area contributed by atoms with Crippen molar-refractivity contribution in [1.82, 2.24) is 26.2 Å². The average molecular weight is 764 g/mol. The Labute approximate surface area is 315 Å². The van der Waals surface area contributed by atoms with E-state index < -0.39 is 96.7 Å². The topological polar surface area (TPSA) is 189 Å². The Morgan fingerprint density at radius 2 is 1.59 bits per heavy atom. The molecule has 1 saturated heterocycles. The highest BCUT2D eigenvalue weighted by atomic mass is 19.3. The molecule has 4 atom stereocenters. The van der Waals surface area contributed by atoms with Crippen molar-refractivity contribution in [3.8, 4) is 0 Å². The minimum atomic E-state index is -3.45. The van der Waals surface area contributed by atoms with E-state index >= 15 is 0 Å². The van der Waals surface area contributed by atoms with E-state index in [9.17, 15) is 42.3 Å². The first-order chi connectivity index (χ1) is 25.3. The molecule has 5 amide bonds. The Balaban J connectivity index is 1.71. The Morgan fingerprint density at radius 3 is 2.19 bits per heavy atom. The first kappa shape index (κ1) is 43.8. The van der Waals surface area contributed by atoms with E-state index in [2.05, 4.69) is 21.3 Å². The molecule has 0 bridgehead atoms. The lowest BCUT2D eigenvalue weighted by Gasteiger charge is -2.34. The molecule has 0 aromatic heterocycles. The van der Waals surface area contributed by atoms with Crippen LogP contribution >= 0.6 is 0 Å². The number of alkyl carbamates (subject to hydrolysis) is 1. The molecular weight excluding hydrogens is 708 g/mol. The highest BCUT2D eigenvalue weighted by Gasteiger charge is 2.52. The summed E-state index contributed by atoms with van der Waals surface area (Å²) in [6, 6.07) is 2.69. The summed E-state index contributed by atoms with van der Waals surface area (Å²) in [5.41, 5.74) is -0.438. The van der Waals surface area contributed by atoms with Gasteiger partial charge in [0.15, 0.2) is 6.04 Å². The zero-order chi connectivity index (χ0) is 40.2. The highest BCUT2D eigenvalue weighted by molar-refractivity contribution is 6.38. The monoisotopic (exact) mass is 763 g/mol. The van der Waals surface area contributed by atoms with Crippen molar-refractivity contribution in [1.29, 1.82) is 0 Å². The van der Waals surface area contributed by atoms with Gasteiger partial charge in [0.2, 0.25) is 23.5 Å². The number of carbonyl (C=O) groups excluding carboxylic acids is 7. The van der Waals surface area contributed by atoms with Crippen LogP contribution in [0.15, 0.2) is 30.3 Å². The lowest BCUT2D eigenvalue weighted by atomic mass is 9.83. The molecule has 1 unspecified atom stereocenters. The van der Waals surface area contributed by atoms with E-state index in [-0.39, 0.29) is 24.9 Å². The second kappa shape index (κ2) is 19.6. The van der Waals surface area contributed by atoms with Crippen LogP contribution in [0.1, 0.15) is 105 Å². The Kier molecular flexibility index (Phi) is 15.9. The predicted molar refractivity (Wildman–Crippen MR) is 193 cm³/mol. The van der Waals surface area contributed by atoms with Crippen molar-refractivity contribution in [2.24, 2.45) is 11.8 Å². The number of alkyl halides is 2. The average Bonchev–Trinajstić information content (AvgIpc) is 3.45. The lowest BCUT2D eigenvalue weighted by Crippen LogP contribution is -2.58. The number of amides is 5. The van der Waals surface area contributed by atoms with Crippen molar-refractivity contribution in [3.05, 3.63) is 35.9 Å². The predicted octanol–water partition coefficient (Wildman–Crippen LogP) is 3.72. The standard InChI is InChI=1S/C38H55F2N5O9/c1-7-14-26(31(47)33(49)41-20-28(46)43-30(25-17-12-9-13-18-25)35(51)54-37(4,5)6)42-32(48)27-19-38(39,40)22-45(27)34(50)29(24-15-10-8-11-16-24)44-36(52)53-21-23(2)3/h9,12-13,17-18,23-24,26-27,29-30H,7-8,10-11,14-16,19-22H2,1-6H3,(H,41,49)(H,42,48)(H,43,46)(H,44,52)/t26?,27-,29-,30-/m0/s1. The summed E-state index contributed by atoms with van der Waals surface area (Å²) in [6.07, 6.45) is 1.96. The van der Waals surface area contributed by atoms with Crippen LogP contribution in [0.2, 0.25) is 0 Å². The van der Waals surface area contributed by atoms with Gasteiger partial charge in [-0.05, 0) is 57.4 Å². The molecule has 54 heavy (non-hydrogen) atoms. The van der Waals surface area contributed by atoms with Gasteiger partial charge in [0.25, 0.3) is 11.8 Å². The molecule has 2 aliphatic rings. The molecule has 14 nitrogen and oxygen atoms in total. The quantitative estimate of drug-likeness (QED) is 0.144. The van der Waals surface area contributed by atoms with Gasteiger partial charge in [0.05, 0.1) is 25.7 Å².